The van der Waals surface area contributed by atoms with Gasteiger partial charge in [-0.3, -0.25) is 0 Å². The molecule has 0 heterocycles. The first-order valence-electron chi connectivity index (χ1n) is 41.1. The summed E-state index contributed by atoms with van der Waals surface area (Å²) in [7, 11) is 0. The zero-order chi connectivity index (χ0) is 61.9. The Balaban J connectivity index is -0.000000430. The Kier molecular flexibility index (Phi) is 111. The van der Waals surface area contributed by atoms with Gasteiger partial charge in [0.1, 0.15) is 0 Å². The van der Waals surface area contributed by atoms with E-state index < -0.39 is 0 Å². The molecule has 0 aliphatic heterocycles. The molecule has 0 aromatic rings. The third-order valence-electron chi connectivity index (χ3n) is 18.7. The Labute approximate surface area is 575 Å². The summed E-state index contributed by atoms with van der Waals surface area (Å²) in [6.45, 7) is 16.3. The van der Waals surface area contributed by atoms with Crippen molar-refractivity contribution in [1.82, 2.24) is 0 Å². The molecule has 0 aliphatic carbocycles. The second-order valence-corrected chi connectivity index (χ2v) is 27.8. The van der Waals surface area contributed by atoms with E-state index in [9.17, 15) is 0 Å². The minimum absolute atomic E-state index is 0. The fraction of sp³-hybridized carbons (Fsp3) is 1.00. The molecule has 0 bridgehead atoms. The molecule has 0 aliphatic rings. The Morgan fingerprint density at radius 2 is 0.241 bits per heavy atom. The van der Waals surface area contributed by atoms with E-state index in [2.05, 4.69) is 34.6 Å². The van der Waals surface area contributed by atoms with Crippen LogP contribution in [0.1, 0.15) is 497 Å². The van der Waals surface area contributed by atoms with Gasteiger partial charge >= 0.3 is 21.7 Å². The van der Waals surface area contributed by atoms with Crippen LogP contribution in [0.5, 0.6) is 0 Å². The fourth-order valence-corrected chi connectivity index (χ4v) is 12.6. The van der Waals surface area contributed by atoms with Crippen molar-refractivity contribution in [3.8, 4) is 0 Å². The molecule has 3 nitrogen and oxygen atoms in total. The van der Waals surface area contributed by atoms with Crippen LogP contribution in [0.4, 0.5) is 0 Å². The zero-order valence-corrected chi connectivity index (χ0v) is 64.0. The summed E-state index contributed by atoms with van der Waals surface area (Å²) in [5.41, 5.74) is 0. The summed E-state index contributed by atoms with van der Waals surface area (Å²) in [5.74, 6) is 0. The van der Waals surface area contributed by atoms with Crippen LogP contribution in [-0.2, 0) is 21.7 Å². The smallest absolute Gasteiger partial charge is 1.00 e. The van der Waals surface area contributed by atoms with Gasteiger partial charge in [-0.2, -0.15) is 0 Å². The van der Waals surface area contributed by atoms with Crippen LogP contribution in [0.3, 0.4) is 0 Å². The molecule has 0 atom stereocenters. The van der Waals surface area contributed by atoms with Crippen LogP contribution < -0.4 is 12.4 Å². The number of aliphatic hydroxyl groups is 1. The quantitative estimate of drug-likeness (QED) is 0.0479. The van der Waals surface area contributed by atoms with Gasteiger partial charge in [0.25, 0.3) is 0 Å². The van der Waals surface area contributed by atoms with E-state index in [1.54, 1.807) is 0 Å². The molecular formula is C82H170ClN2OTi-. The Bertz CT molecular complexity index is 887. The van der Waals surface area contributed by atoms with Gasteiger partial charge in [0.05, 0.1) is 0 Å². The van der Waals surface area contributed by atoms with E-state index in [0.29, 0.717) is 6.61 Å². The summed E-state index contributed by atoms with van der Waals surface area (Å²) in [6, 6.07) is 0. The number of nitrogens with zero attached hydrogens (tertiary/aromatic N) is 2. The predicted octanol–water partition coefficient (Wildman–Crippen LogP) is 27.9. The third kappa shape index (κ3) is 106. The standard InChI is InChI=1S/2C36H74N.C10H22O.ClH.Ti/c2*1-3-5-7-9-11-13-15-17-19-21-23-25-27-29-31-33-35-37-36-34-32-30-28-26-24-22-20-18-16-14-12-10-8-6-4-2;1-2-3-4-5-6-7-8-9-10-11;;/h2*3-36H2,1-2H3;11H,2-10H2,1H3;1H;/q2*-1;;;+2/p-1. The normalized spacial score (nSPS) is 11.1. The summed E-state index contributed by atoms with van der Waals surface area (Å²) in [4.78, 5) is 0. The molecule has 0 amide bonds. The first kappa shape index (κ1) is 96.6. The van der Waals surface area contributed by atoms with Crippen molar-refractivity contribution in [2.75, 3.05) is 32.8 Å². The maximum absolute atomic E-state index is 8.51. The predicted molar refractivity (Wildman–Crippen MR) is 394 cm³/mol. The molecule has 0 rings (SSSR count). The van der Waals surface area contributed by atoms with Crippen LogP contribution in [0, 0.1) is 0 Å². The van der Waals surface area contributed by atoms with E-state index in [-0.39, 0.29) is 34.1 Å². The van der Waals surface area contributed by atoms with Crippen molar-refractivity contribution < 1.29 is 39.2 Å². The van der Waals surface area contributed by atoms with Gasteiger partial charge in [-0.1, -0.05) is 490 Å². The van der Waals surface area contributed by atoms with Crippen LogP contribution in [0.15, 0.2) is 0 Å². The van der Waals surface area contributed by atoms with Gasteiger partial charge in [0, 0.05) is 6.61 Å². The first-order valence-corrected chi connectivity index (χ1v) is 41.1. The topological polar surface area (TPSA) is 48.4 Å². The Morgan fingerprint density at radius 3 is 0.345 bits per heavy atom. The number of halogens is 1. The maximum Gasteiger partial charge on any atom is 2.00 e. The SMILES string of the molecule is CCCCCCCCCCCCCCCCCC[N-]CCCCCCCCCCCCCCCCCC.CCCCCCCCCCCCCCCCCC[N-]CCCCCCCCCCCCCCCCCC.CCCCCCCCCCO.[Cl-].[Ti+2]. The average molecular weight is 1280 g/mol. The van der Waals surface area contributed by atoms with E-state index in [1.807, 2.05) is 0 Å². The van der Waals surface area contributed by atoms with Crippen LogP contribution in [0.25, 0.3) is 10.6 Å². The van der Waals surface area contributed by atoms with Gasteiger partial charge in [0.15, 0.2) is 0 Å². The summed E-state index contributed by atoms with van der Waals surface area (Å²) >= 11 is 0. The largest absolute Gasteiger partial charge is 2.00 e. The molecule has 87 heavy (non-hydrogen) atoms. The van der Waals surface area contributed by atoms with Crippen LogP contribution in [0.2, 0.25) is 0 Å². The number of aliphatic hydroxyl groups excluding tert-OH is 1. The molecule has 0 unspecified atom stereocenters. The molecule has 0 saturated heterocycles. The third-order valence-corrected chi connectivity index (χ3v) is 18.7. The van der Waals surface area contributed by atoms with Gasteiger partial charge < -0.3 is 28.1 Å². The molecule has 0 spiro atoms. The fourth-order valence-electron chi connectivity index (χ4n) is 12.6. The van der Waals surface area contributed by atoms with E-state index in [1.165, 1.54) is 456 Å². The first-order chi connectivity index (χ1) is 42.2. The van der Waals surface area contributed by atoms with Crippen LogP contribution in [-0.4, -0.2) is 37.9 Å². The van der Waals surface area contributed by atoms with Crippen LogP contribution >= 0.6 is 0 Å². The molecule has 1 N–H and O–H groups in total. The minimum Gasteiger partial charge on any atom is -1.00 e. The molecular weight excluding hydrogens is 1110 g/mol. The molecule has 0 radical (unpaired) electrons. The van der Waals surface area contributed by atoms with Crippen molar-refractivity contribution >= 4 is 0 Å². The number of hydrogen-bond donors (Lipinski definition) is 1. The number of unbranched alkanes of at least 4 members (excludes halogenated alkanes) is 67. The monoisotopic (exact) mass is 1280 g/mol. The molecule has 0 aromatic carbocycles. The second kappa shape index (κ2) is 100. The molecule has 5 heteroatoms. The summed E-state index contributed by atoms with van der Waals surface area (Å²) in [6.07, 6.45) is 103. The van der Waals surface area contributed by atoms with Gasteiger partial charge in [0.2, 0.25) is 0 Å². The molecule has 0 fully saturated rings. The Hall–Kier alpha value is 0.884. The van der Waals surface area contributed by atoms with Gasteiger partial charge in [-0.25, -0.2) is 0 Å². The Morgan fingerprint density at radius 1 is 0.149 bits per heavy atom. The van der Waals surface area contributed by atoms with Gasteiger partial charge in [-0.05, 0) is 6.42 Å². The summed E-state index contributed by atoms with van der Waals surface area (Å²) in [5, 5.41) is 18.1. The zero-order valence-electron chi connectivity index (χ0n) is 61.7. The van der Waals surface area contributed by atoms with Crippen molar-refractivity contribution in [3.63, 3.8) is 0 Å². The number of rotatable bonds is 76. The van der Waals surface area contributed by atoms with E-state index in [4.69, 9.17) is 15.7 Å². The van der Waals surface area contributed by atoms with Crippen molar-refractivity contribution in [3.05, 3.63) is 10.6 Å². The van der Waals surface area contributed by atoms with E-state index >= 15 is 0 Å². The van der Waals surface area contributed by atoms with Crippen molar-refractivity contribution in [2.24, 2.45) is 0 Å². The average Bonchev–Trinajstić information content (AvgIpc) is 3.51. The molecule has 0 saturated carbocycles. The number of hydrogen-bond acceptors (Lipinski definition) is 1. The maximum atomic E-state index is 8.51. The minimum atomic E-state index is 0. The molecule has 526 valence electrons. The summed E-state index contributed by atoms with van der Waals surface area (Å²) < 4.78 is 0. The van der Waals surface area contributed by atoms with Gasteiger partial charge in [-0.15, -0.1) is 26.2 Å². The van der Waals surface area contributed by atoms with E-state index in [0.717, 1.165) is 32.6 Å². The van der Waals surface area contributed by atoms with Crippen molar-refractivity contribution in [1.29, 1.82) is 0 Å². The second-order valence-electron chi connectivity index (χ2n) is 27.8. The van der Waals surface area contributed by atoms with Crippen molar-refractivity contribution in [2.45, 2.75) is 497 Å². The molecule has 0 aromatic heterocycles.